The van der Waals surface area contributed by atoms with Crippen molar-refractivity contribution in [3.05, 3.63) is 35.9 Å². The van der Waals surface area contributed by atoms with Crippen LogP contribution in [-0.4, -0.2) is 30.4 Å². The molecule has 1 aromatic carbocycles. The zero-order valence-corrected chi connectivity index (χ0v) is 12.0. The highest BCUT2D eigenvalue weighted by Crippen LogP contribution is 2.66. The topological polar surface area (TPSA) is 0 Å². The van der Waals surface area contributed by atoms with Crippen molar-refractivity contribution in [3.8, 4) is 0 Å². The molecule has 0 radical (unpaired) electrons. The molecule has 0 aromatic heterocycles. The Labute approximate surface area is 136 Å². The Morgan fingerprint density at radius 2 is 0.885 bits per heavy atom. The van der Waals surface area contributed by atoms with Crippen LogP contribution in [0.2, 0.25) is 0 Å². The predicted octanol–water partition coefficient (Wildman–Crippen LogP) is 6.17. The number of halogens is 13. The van der Waals surface area contributed by atoms with Crippen molar-refractivity contribution in [1.82, 2.24) is 0 Å². The molecule has 0 aliphatic rings. The zero-order valence-electron chi connectivity index (χ0n) is 12.0. The third-order valence-electron chi connectivity index (χ3n) is 3.57. The summed E-state index contributed by atoms with van der Waals surface area (Å²) in [6, 6.07) is 3.55. The quantitative estimate of drug-likeness (QED) is 0.521. The predicted molar refractivity (Wildman–Crippen MR) is 60.6 cm³/mol. The minimum atomic E-state index is -7.61. The standard InChI is InChI=1S/C13H7F13/c14-9(15,10(16,17)13(24,25)26)8(11(18,19)20,12(21,22)23)6-7-4-2-1-3-5-7/h1-5H,6H2. The molecule has 0 nitrogen and oxygen atoms in total. The average Bonchev–Trinajstić information content (AvgIpc) is 2.41. The van der Waals surface area contributed by atoms with Crippen molar-refractivity contribution in [1.29, 1.82) is 0 Å². The van der Waals surface area contributed by atoms with Gasteiger partial charge >= 0.3 is 30.4 Å². The van der Waals surface area contributed by atoms with Gasteiger partial charge in [-0.3, -0.25) is 0 Å². The molecule has 1 aromatic rings. The van der Waals surface area contributed by atoms with E-state index in [4.69, 9.17) is 0 Å². The van der Waals surface area contributed by atoms with Crippen LogP contribution in [0.3, 0.4) is 0 Å². The Hall–Kier alpha value is -1.69. The molecule has 0 aliphatic heterocycles. The molecule has 0 amide bonds. The summed E-state index contributed by atoms with van der Waals surface area (Å²) in [5.74, 6) is -15.2. The van der Waals surface area contributed by atoms with E-state index < -0.39 is 47.8 Å². The van der Waals surface area contributed by atoms with E-state index in [2.05, 4.69) is 0 Å². The highest BCUT2D eigenvalue weighted by molar-refractivity contribution is 5.22. The Kier molecular flexibility index (Phi) is 5.32. The summed E-state index contributed by atoms with van der Waals surface area (Å²) in [6.45, 7) is 0. The van der Waals surface area contributed by atoms with E-state index >= 15 is 0 Å². The fourth-order valence-electron chi connectivity index (χ4n) is 2.18. The van der Waals surface area contributed by atoms with Crippen LogP contribution in [-0.2, 0) is 6.42 Å². The lowest BCUT2D eigenvalue weighted by molar-refractivity contribution is -0.460. The van der Waals surface area contributed by atoms with Gasteiger partial charge in [-0.15, -0.1) is 0 Å². The van der Waals surface area contributed by atoms with Gasteiger partial charge in [0.25, 0.3) is 0 Å². The first-order valence-corrected chi connectivity index (χ1v) is 6.32. The molecular formula is C13H7F13. The van der Waals surface area contributed by atoms with Crippen molar-refractivity contribution >= 4 is 0 Å². The molecule has 0 saturated carbocycles. The first-order chi connectivity index (χ1) is 11.3. The van der Waals surface area contributed by atoms with E-state index in [0.29, 0.717) is 12.1 Å². The third kappa shape index (κ3) is 3.20. The van der Waals surface area contributed by atoms with Gasteiger partial charge < -0.3 is 0 Å². The van der Waals surface area contributed by atoms with Crippen LogP contribution in [0, 0.1) is 5.41 Å². The summed E-state index contributed by atoms with van der Waals surface area (Å²) in [7, 11) is 0. The van der Waals surface area contributed by atoms with Crippen LogP contribution in [0.1, 0.15) is 5.56 Å². The summed E-state index contributed by atoms with van der Waals surface area (Å²) in [4.78, 5) is 0. The second kappa shape index (κ2) is 6.19. The lowest BCUT2D eigenvalue weighted by atomic mass is 9.71. The van der Waals surface area contributed by atoms with Crippen molar-refractivity contribution in [2.75, 3.05) is 0 Å². The van der Waals surface area contributed by atoms with Gasteiger partial charge in [0.2, 0.25) is 5.41 Å². The maximum atomic E-state index is 13.8. The largest absolute Gasteiger partial charge is 0.459 e. The van der Waals surface area contributed by atoms with E-state index in [1.54, 1.807) is 0 Å². The van der Waals surface area contributed by atoms with Crippen molar-refractivity contribution in [2.24, 2.45) is 5.41 Å². The van der Waals surface area contributed by atoms with E-state index in [1.165, 1.54) is 0 Å². The monoisotopic (exact) mass is 410 g/mol. The van der Waals surface area contributed by atoms with Crippen molar-refractivity contribution in [3.63, 3.8) is 0 Å². The smallest absolute Gasteiger partial charge is 0.198 e. The summed E-state index contributed by atoms with van der Waals surface area (Å²) < 4.78 is 169. The van der Waals surface area contributed by atoms with Crippen molar-refractivity contribution < 1.29 is 57.1 Å². The second-order valence-electron chi connectivity index (χ2n) is 5.21. The molecule has 0 atom stereocenters. The van der Waals surface area contributed by atoms with Crippen molar-refractivity contribution in [2.45, 2.75) is 36.8 Å². The maximum Gasteiger partial charge on any atom is 0.459 e. The van der Waals surface area contributed by atoms with Gasteiger partial charge in [-0.1, -0.05) is 30.3 Å². The molecule has 26 heavy (non-hydrogen) atoms. The van der Waals surface area contributed by atoms with Gasteiger partial charge in [-0.05, 0) is 5.56 Å². The molecule has 0 unspecified atom stereocenters. The van der Waals surface area contributed by atoms with Crippen LogP contribution >= 0.6 is 0 Å². The minimum absolute atomic E-state index is 0.452. The lowest BCUT2D eigenvalue weighted by Crippen LogP contribution is -2.71. The first kappa shape index (κ1) is 22.4. The Balaban J connectivity index is 3.85. The number of alkyl halides is 13. The average molecular weight is 410 g/mol. The Morgan fingerprint density at radius 1 is 0.500 bits per heavy atom. The summed E-state index contributed by atoms with van der Waals surface area (Å²) in [6.07, 6.45) is -24.6. The van der Waals surface area contributed by atoms with Crippen LogP contribution in [0.5, 0.6) is 0 Å². The zero-order chi connectivity index (χ0) is 20.8. The minimum Gasteiger partial charge on any atom is -0.198 e. The highest BCUT2D eigenvalue weighted by Gasteiger charge is 2.91. The van der Waals surface area contributed by atoms with Gasteiger partial charge in [-0.25, -0.2) is 0 Å². The molecule has 13 heteroatoms. The van der Waals surface area contributed by atoms with Crippen LogP contribution in [0.15, 0.2) is 30.3 Å². The number of rotatable bonds is 4. The molecule has 0 N–H and O–H groups in total. The molecule has 1 rings (SSSR count). The molecular weight excluding hydrogens is 403 g/mol. The highest BCUT2D eigenvalue weighted by atomic mass is 19.4. The van der Waals surface area contributed by atoms with E-state index in [-0.39, 0.29) is 0 Å². The van der Waals surface area contributed by atoms with Crippen LogP contribution in [0.25, 0.3) is 0 Å². The molecule has 0 saturated heterocycles. The normalized spacial score (nSPS) is 15.3. The van der Waals surface area contributed by atoms with E-state index in [1.807, 2.05) is 0 Å². The number of hydrogen-bond donors (Lipinski definition) is 0. The van der Waals surface area contributed by atoms with Gasteiger partial charge in [0.1, 0.15) is 0 Å². The van der Waals surface area contributed by atoms with E-state index in [9.17, 15) is 57.1 Å². The maximum absolute atomic E-state index is 13.8. The lowest BCUT2D eigenvalue weighted by Gasteiger charge is -2.45. The molecule has 0 bridgehead atoms. The van der Waals surface area contributed by atoms with Gasteiger partial charge in [-0.2, -0.15) is 57.1 Å². The SMILES string of the molecule is FC(F)(F)C(F)(F)C(F)(F)C(Cc1ccccc1)(C(F)(F)F)C(F)(F)F. The van der Waals surface area contributed by atoms with Gasteiger partial charge in [0.15, 0.2) is 0 Å². The van der Waals surface area contributed by atoms with Crippen LogP contribution in [0.4, 0.5) is 57.1 Å². The second-order valence-corrected chi connectivity index (χ2v) is 5.21. The molecule has 0 heterocycles. The van der Waals surface area contributed by atoms with Crippen LogP contribution < -0.4 is 0 Å². The Morgan fingerprint density at radius 3 is 1.19 bits per heavy atom. The number of benzene rings is 1. The summed E-state index contributed by atoms with van der Waals surface area (Å²) in [5.41, 5.74) is -7.85. The molecule has 0 aliphatic carbocycles. The van der Waals surface area contributed by atoms with E-state index in [0.717, 1.165) is 18.2 Å². The molecule has 150 valence electrons. The molecule has 0 spiro atoms. The fraction of sp³-hybridized carbons (Fsp3) is 0.538. The third-order valence-corrected chi connectivity index (χ3v) is 3.57. The number of hydrogen-bond acceptors (Lipinski definition) is 0. The molecule has 0 fully saturated rings. The fourth-order valence-corrected chi connectivity index (χ4v) is 2.18. The summed E-state index contributed by atoms with van der Waals surface area (Å²) >= 11 is 0. The first-order valence-electron chi connectivity index (χ1n) is 6.32. The Bertz CT molecular complexity index is 592. The van der Waals surface area contributed by atoms with Gasteiger partial charge in [0.05, 0.1) is 0 Å². The summed E-state index contributed by atoms with van der Waals surface area (Å²) in [5, 5.41) is 0. The van der Waals surface area contributed by atoms with Gasteiger partial charge in [0, 0.05) is 6.42 Å².